The van der Waals surface area contributed by atoms with Crippen LogP contribution in [0.4, 0.5) is 0 Å². The van der Waals surface area contributed by atoms with Crippen LogP contribution in [-0.2, 0) is 11.3 Å². The summed E-state index contributed by atoms with van der Waals surface area (Å²) in [5.41, 5.74) is 3.85. The number of aryl methyl sites for hydroxylation is 2. The first-order chi connectivity index (χ1) is 14.7. The van der Waals surface area contributed by atoms with Gasteiger partial charge in [0.2, 0.25) is 11.7 Å². The molecule has 4 heterocycles. The van der Waals surface area contributed by atoms with Crippen molar-refractivity contribution in [1.82, 2.24) is 24.6 Å². The topological polar surface area (TPSA) is 77.1 Å². The summed E-state index contributed by atoms with van der Waals surface area (Å²) in [6, 6.07) is 7.99. The summed E-state index contributed by atoms with van der Waals surface area (Å²) < 4.78 is 7.50. The first-order valence-corrected chi connectivity index (χ1v) is 11.2. The molecule has 0 atom stereocenters. The van der Waals surface area contributed by atoms with Crippen LogP contribution in [0.15, 0.2) is 40.5 Å². The van der Waals surface area contributed by atoms with E-state index in [1.54, 1.807) is 17.7 Å². The first kappa shape index (κ1) is 19.0. The third-order valence-electron chi connectivity index (χ3n) is 5.64. The molecule has 4 aromatic rings. The van der Waals surface area contributed by atoms with Crippen LogP contribution in [0, 0.1) is 6.92 Å². The lowest BCUT2D eigenvalue weighted by Gasteiger charge is -2.26. The monoisotopic (exact) mass is 421 g/mol. The molecule has 0 spiro atoms. The summed E-state index contributed by atoms with van der Waals surface area (Å²) in [5, 5.41) is 6.16. The highest BCUT2D eigenvalue weighted by Gasteiger charge is 2.17. The van der Waals surface area contributed by atoms with Gasteiger partial charge in [-0.15, -0.1) is 11.3 Å². The molecule has 8 heteroatoms. The summed E-state index contributed by atoms with van der Waals surface area (Å²) in [7, 11) is 0. The van der Waals surface area contributed by atoms with E-state index in [9.17, 15) is 4.79 Å². The molecule has 7 nitrogen and oxygen atoms in total. The molecule has 3 aromatic heterocycles. The van der Waals surface area contributed by atoms with Crippen LogP contribution < -0.4 is 0 Å². The van der Waals surface area contributed by atoms with Crippen molar-refractivity contribution >= 4 is 28.3 Å². The average molecular weight is 422 g/mol. The maximum absolute atomic E-state index is 12.5. The van der Waals surface area contributed by atoms with Gasteiger partial charge in [-0.1, -0.05) is 5.16 Å². The van der Waals surface area contributed by atoms with Crippen molar-refractivity contribution in [1.29, 1.82) is 0 Å². The number of carbonyl (C=O) groups excluding carboxylic acids is 1. The third kappa shape index (κ3) is 3.63. The van der Waals surface area contributed by atoms with Crippen molar-refractivity contribution < 1.29 is 9.32 Å². The molecule has 0 bridgehead atoms. The van der Waals surface area contributed by atoms with Gasteiger partial charge in [0.1, 0.15) is 0 Å². The number of amides is 1. The van der Waals surface area contributed by atoms with E-state index in [-0.39, 0.29) is 5.91 Å². The fraction of sp³-hybridized carbons (Fsp3) is 0.364. The van der Waals surface area contributed by atoms with Crippen LogP contribution in [0.2, 0.25) is 0 Å². The van der Waals surface area contributed by atoms with E-state index >= 15 is 0 Å². The van der Waals surface area contributed by atoms with Gasteiger partial charge in [0.25, 0.3) is 5.89 Å². The van der Waals surface area contributed by atoms with E-state index in [0.29, 0.717) is 24.7 Å². The second kappa shape index (κ2) is 8.02. The van der Waals surface area contributed by atoms with Crippen LogP contribution in [0.1, 0.15) is 31.2 Å². The number of rotatable bonds is 5. The zero-order chi connectivity index (χ0) is 20.5. The molecule has 0 unspecified atom stereocenters. The Labute approximate surface area is 178 Å². The predicted octanol–water partition coefficient (Wildman–Crippen LogP) is 4.53. The molecule has 1 aliphatic rings. The second-order valence-corrected chi connectivity index (χ2v) is 8.60. The summed E-state index contributed by atoms with van der Waals surface area (Å²) in [6.07, 6.45) is 5.77. The molecular weight excluding hydrogens is 398 g/mol. The Balaban J connectivity index is 1.32. The smallest absolute Gasteiger partial charge is 0.268 e. The van der Waals surface area contributed by atoms with Gasteiger partial charge in [-0.2, -0.15) is 4.98 Å². The molecule has 154 valence electrons. The zero-order valence-electron chi connectivity index (χ0n) is 16.9. The fourth-order valence-corrected chi connectivity index (χ4v) is 4.77. The molecule has 0 aliphatic carbocycles. The Morgan fingerprint density at radius 2 is 2.07 bits per heavy atom. The number of piperidine rings is 1. The first-order valence-electron chi connectivity index (χ1n) is 10.3. The van der Waals surface area contributed by atoms with Gasteiger partial charge in [0.15, 0.2) is 0 Å². The number of aromatic nitrogens is 4. The lowest BCUT2D eigenvalue weighted by Crippen LogP contribution is -2.35. The van der Waals surface area contributed by atoms with Gasteiger partial charge in [0.05, 0.1) is 22.2 Å². The van der Waals surface area contributed by atoms with E-state index < -0.39 is 0 Å². The lowest BCUT2D eigenvalue weighted by molar-refractivity contribution is -0.132. The minimum Gasteiger partial charge on any atom is -0.343 e. The van der Waals surface area contributed by atoms with Crippen LogP contribution >= 0.6 is 11.3 Å². The number of fused-ring (bicyclic) bond motifs is 1. The number of carbonyl (C=O) groups is 1. The quantitative estimate of drug-likeness (QED) is 0.473. The number of hydrogen-bond donors (Lipinski definition) is 0. The van der Waals surface area contributed by atoms with E-state index in [1.807, 2.05) is 46.0 Å². The number of benzene rings is 1. The van der Waals surface area contributed by atoms with Crippen molar-refractivity contribution in [2.45, 2.75) is 39.2 Å². The summed E-state index contributed by atoms with van der Waals surface area (Å²) >= 11 is 1.59. The van der Waals surface area contributed by atoms with Gasteiger partial charge in [-0.25, -0.2) is 4.98 Å². The Morgan fingerprint density at radius 3 is 2.87 bits per heavy atom. The Hall–Kier alpha value is -3.00. The number of likely N-dealkylation sites (tertiary alicyclic amines) is 1. The van der Waals surface area contributed by atoms with E-state index in [1.165, 1.54) is 6.42 Å². The highest BCUT2D eigenvalue weighted by Crippen LogP contribution is 2.30. The molecule has 1 aromatic carbocycles. The van der Waals surface area contributed by atoms with Crippen LogP contribution in [0.3, 0.4) is 0 Å². The summed E-state index contributed by atoms with van der Waals surface area (Å²) in [4.78, 5) is 24.5. The summed E-state index contributed by atoms with van der Waals surface area (Å²) in [6.45, 7) is 4.45. The number of hydrogen-bond acceptors (Lipinski definition) is 6. The van der Waals surface area contributed by atoms with Crippen LogP contribution in [-0.4, -0.2) is 43.6 Å². The summed E-state index contributed by atoms with van der Waals surface area (Å²) in [5.74, 6) is 1.32. The predicted molar refractivity (Wildman–Crippen MR) is 116 cm³/mol. The van der Waals surface area contributed by atoms with Crippen LogP contribution in [0.25, 0.3) is 33.2 Å². The second-order valence-electron chi connectivity index (χ2n) is 7.69. The molecule has 0 radical (unpaired) electrons. The maximum Gasteiger partial charge on any atom is 0.268 e. The van der Waals surface area contributed by atoms with Gasteiger partial charge in [-0.3, -0.25) is 4.79 Å². The molecule has 0 saturated carbocycles. The van der Waals surface area contributed by atoms with Crippen molar-refractivity contribution in [3.8, 4) is 22.2 Å². The van der Waals surface area contributed by atoms with Crippen molar-refractivity contribution in [2.75, 3.05) is 13.1 Å². The molecular formula is C22H23N5O2S. The normalized spacial score (nSPS) is 14.5. The molecule has 1 fully saturated rings. The van der Waals surface area contributed by atoms with Crippen molar-refractivity contribution in [3.05, 3.63) is 41.5 Å². The Bertz CT molecular complexity index is 1190. The Kier molecular flexibility index (Phi) is 5.08. The fourth-order valence-electron chi connectivity index (χ4n) is 3.92. The third-order valence-corrected chi connectivity index (χ3v) is 6.64. The molecule has 5 rings (SSSR count). The number of thiophene rings is 1. The van der Waals surface area contributed by atoms with Crippen molar-refractivity contribution in [2.24, 2.45) is 0 Å². The standard InChI is InChI=1S/C22H23N5O2S/c1-15-8-12-30-20(15)22-24-21(25-29-22)16-5-6-18-17(13-16)23-14-27(18)11-7-19(28)26-9-3-2-4-10-26/h5-6,8,12-14H,2-4,7,9-11H2,1H3. The largest absolute Gasteiger partial charge is 0.343 e. The number of nitrogens with zero attached hydrogens (tertiary/aromatic N) is 5. The van der Waals surface area contributed by atoms with E-state index in [2.05, 4.69) is 15.1 Å². The minimum absolute atomic E-state index is 0.233. The van der Waals surface area contributed by atoms with E-state index in [4.69, 9.17) is 4.52 Å². The van der Waals surface area contributed by atoms with Gasteiger partial charge in [0, 0.05) is 31.6 Å². The maximum atomic E-state index is 12.5. The van der Waals surface area contributed by atoms with E-state index in [0.717, 1.165) is 53.0 Å². The molecule has 1 saturated heterocycles. The lowest BCUT2D eigenvalue weighted by atomic mass is 10.1. The Morgan fingerprint density at radius 1 is 1.20 bits per heavy atom. The molecule has 1 aliphatic heterocycles. The molecule has 30 heavy (non-hydrogen) atoms. The van der Waals surface area contributed by atoms with Crippen molar-refractivity contribution in [3.63, 3.8) is 0 Å². The molecule has 0 N–H and O–H groups in total. The molecule has 1 amide bonds. The van der Waals surface area contributed by atoms with Gasteiger partial charge in [-0.05, 0) is 61.4 Å². The van der Waals surface area contributed by atoms with Crippen LogP contribution in [0.5, 0.6) is 0 Å². The number of imidazole rings is 1. The SMILES string of the molecule is Cc1ccsc1-c1nc(-c2ccc3c(c2)ncn3CCC(=O)N2CCCCC2)no1. The zero-order valence-corrected chi connectivity index (χ0v) is 17.7. The highest BCUT2D eigenvalue weighted by atomic mass is 32.1. The average Bonchev–Trinajstić information content (AvgIpc) is 3.51. The minimum atomic E-state index is 0.233. The van der Waals surface area contributed by atoms with Gasteiger partial charge < -0.3 is 14.0 Å². The highest BCUT2D eigenvalue weighted by molar-refractivity contribution is 7.13. The van der Waals surface area contributed by atoms with Gasteiger partial charge >= 0.3 is 0 Å².